The van der Waals surface area contributed by atoms with Gasteiger partial charge in [0.05, 0.1) is 0 Å². The smallest absolute Gasteiger partial charge is 0.0473 e. The van der Waals surface area contributed by atoms with E-state index in [-0.39, 0.29) is 4.87 Å². The van der Waals surface area contributed by atoms with Crippen molar-refractivity contribution in [3.63, 3.8) is 0 Å². The highest BCUT2D eigenvalue weighted by Gasteiger charge is 2.47. The molecule has 0 aromatic rings. The summed E-state index contributed by atoms with van der Waals surface area (Å²) >= 11 is 5.98. The summed E-state index contributed by atoms with van der Waals surface area (Å²) in [5.74, 6) is 0.777. The maximum absolute atomic E-state index is 5.98. The first-order valence-electron chi connectivity index (χ1n) is 2.88. The molecule has 0 saturated heterocycles. The predicted octanol–water partition coefficient (Wildman–Crippen LogP) is 2.41. The van der Waals surface area contributed by atoms with Crippen LogP contribution in [0.4, 0.5) is 0 Å². The molecule has 0 N–H and O–H groups in total. The molecule has 1 aliphatic carbocycles. The van der Waals surface area contributed by atoms with Crippen LogP contribution in [0.3, 0.4) is 0 Å². The summed E-state index contributed by atoms with van der Waals surface area (Å²) in [6.45, 7) is 4.35. The minimum Gasteiger partial charge on any atom is -0.119 e. The lowest BCUT2D eigenvalue weighted by Crippen LogP contribution is -1.95. The van der Waals surface area contributed by atoms with Crippen molar-refractivity contribution in [3.05, 3.63) is 0 Å². The predicted molar refractivity (Wildman–Crippen MR) is 32.7 cm³/mol. The lowest BCUT2D eigenvalue weighted by atomic mass is 10.3. The zero-order valence-corrected chi connectivity index (χ0v) is 5.63. The van der Waals surface area contributed by atoms with Gasteiger partial charge in [-0.25, -0.2) is 0 Å². The van der Waals surface area contributed by atoms with Gasteiger partial charge >= 0.3 is 0 Å². The minimum atomic E-state index is 0.222. The Bertz CT molecular complexity index is 76.2. The third-order valence-electron chi connectivity index (χ3n) is 1.96. The maximum Gasteiger partial charge on any atom is 0.0473 e. The van der Waals surface area contributed by atoms with E-state index in [0.29, 0.717) is 0 Å². The number of hydrogen-bond acceptors (Lipinski definition) is 0. The van der Waals surface area contributed by atoms with Gasteiger partial charge in [-0.2, -0.15) is 0 Å². The van der Waals surface area contributed by atoms with Crippen molar-refractivity contribution in [2.45, 2.75) is 31.6 Å². The van der Waals surface area contributed by atoms with Crippen LogP contribution >= 0.6 is 11.6 Å². The normalized spacial score (nSPS) is 49.3. The lowest BCUT2D eigenvalue weighted by Gasteiger charge is -1.97. The third kappa shape index (κ3) is 0.766. The fraction of sp³-hybridized carbons (Fsp3) is 1.00. The second kappa shape index (κ2) is 1.38. The van der Waals surface area contributed by atoms with Crippen LogP contribution in [0.15, 0.2) is 0 Å². The molecule has 1 saturated carbocycles. The van der Waals surface area contributed by atoms with Crippen LogP contribution in [0.2, 0.25) is 0 Å². The topological polar surface area (TPSA) is 0 Å². The summed E-state index contributed by atoms with van der Waals surface area (Å²) < 4.78 is 0. The molecule has 0 radical (unpaired) electrons. The van der Waals surface area contributed by atoms with Gasteiger partial charge in [0.1, 0.15) is 0 Å². The van der Waals surface area contributed by atoms with Crippen LogP contribution < -0.4 is 0 Å². The second-order valence-corrected chi connectivity index (χ2v) is 3.25. The molecule has 1 heteroatoms. The van der Waals surface area contributed by atoms with Crippen LogP contribution in [0, 0.1) is 5.92 Å². The van der Waals surface area contributed by atoms with Crippen molar-refractivity contribution < 1.29 is 0 Å². The maximum atomic E-state index is 5.98. The molecular weight excluding hydrogens is 108 g/mol. The van der Waals surface area contributed by atoms with E-state index >= 15 is 0 Å². The molecule has 2 unspecified atom stereocenters. The van der Waals surface area contributed by atoms with Crippen molar-refractivity contribution >= 4 is 11.6 Å². The van der Waals surface area contributed by atoms with E-state index in [1.165, 1.54) is 6.42 Å². The molecule has 42 valence electrons. The van der Waals surface area contributed by atoms with Crippen molar-refractivity contribution in [2.75, 3.05) is 0 Å². The van der Waals surface area contributed by atoms with E-state index < -0.39 is 0 Å². The Hall–Kier alpha value is 0.290. The molecule has 0 spiro atoms. The van der Waals surface area contributed by atoms with Crippen molar-refractivity contribution in [1.29, 1.82) is 0 Å². The third-order valence-corrected chi connectivity index (χ3v) is 2.75. The Balaban J connectivity index is 2.36. The highest BCUT2D eigenvalue weighted by Crippen LogP contribution is 2.51. The van der Waals surface area contributed by atoms with Crippen LogP contribution in [0.1, 0.15) is 26.7 Å². The van der Waals surface area contributed by atoms with Gasteiger partial charge in [0.25, 0.3) is 0 Å². The molecule has 1 aliphatic rings. The fourth-order valence-electron chi connectivity index (χ4n) is 0.943. The molecule has 7 heavy (non-hydrogen) atoms. The first-order valence-corrected chi connectivity index (χ1v) is 3.26. The van der Waals surface area contributed by atoms with Crippen LogP contribution in [-0.2, 0) is 0 Å². The Labute approximate surface area is 49.9 Å². The summed E-state index contributed by atoms with van der Waals surface area (Å²) in [6, 6.07) is 0. The largest absolute Gasteiger partial charge is 0.119 e. The zero-order valence-electron chi connectivity index (χ0n) is 4.87. The molecule has 0 aromatic carbocycles. The number of hydrogen-bond donors (Lipinski definition) is 0. The summed E-state index contributed by atoms with van der Waals surface area (Å²) in [5.41, 5.74) is 0. The molecule has 2 atom stereocenters. The van der Waals surface area contributed by atoms with E-state index in [1.54, 1.807) is 0 Å². The zero-order chi connectivity index (χ0) is 5.49. The highest BCUT2D eigenvalue weighted by atomic mass is 35.5. The number of halogens is 1. The summed E-state index contributed by atoms with van der Waals surface area (Å²) in [6.07, 6.45) is 2.36. The number of alkyl halides is 1. The molecule has 0 heterocycles. The SMILES string of the molecule is CCC1(Cl)CC1C. The van der Waals surface area contributed by atoms with E-state index in [0.717, 1.165) is 12.3 Å². The average Bonchev–Trinajstić information content (AvgIpc) is 2.18. The average molecular weight is 119 g/mol. The quantitative estimate of drug-likeness (QED) is 0.464. The Morgan fingerprint density at radius 2 is 2.29 bits per heavy atom. The van der Waals surface area contributed by atoms with Gasteiger partial charge in [0.2, 0.25) is 0 Å². The van der Waals surface area contributed by atoms with Gasteiger partial charge in [-0.05, 0) is 18.8 Å². The van der Waals surface area contributed by atoms with Gasteiger partial charge in [0, 0.05) is 4.87 Å². The Morgan fingerprint density at radius 1 is 1.86 bits per heavy atom. The van der Waals surface area contributed by atoms with E-state index in [1.807, 2.05) is 0 Å². The van der Waals surface area contributed by atoms with Crippen LogP contribution in [0.5, 0.6) is 0 Å². The van der Waals surface area contributed by atoms with Gasteiger partial charge in [-0.3, -0.25) is 0 Å². The fourth-order valence-corrected chi connectivity index (χ4v) is 1.17. The van der Waals surface area contributed by atoms with Gasteiger partial charge < -0.3 is 0 Å². The van der Waals surface area contributed by atoms with Gasteiger partial charge in [-0.1, -0.05) is 13.8 Å². The molecule has 0 nitrogen and oxygen atoms in total. The first-order chi connectivity index (χ1) is 3.19. The molecule has 0 aromatic heterocycles. The highest BCUT2D eigenvalue weighted by molar-refractivity contribution is 6.26. The van der Waals surface area contributed by atoms with Gasteiger partial charge in [-0.15, -0.1) is 11.6 Å². The van der Waals surface area contributed by atoms with Crippen molar-refractivity contribution in [3.8, 4) is 0 Å². The molecule has 0 bridgehead atoms. The second-order valence-electron chi connectivity index (χ2n) is 2.49. The van der Waals surface area contributed by atoms with Crippen LogP contribution in [-0.4, -0.2) is 4.87 Å². The van der Waals surface area contributed by atoms with E-state index in [2.05, 4.69) is 13.8 Å². The van der Waals surface area contributed by atoms with Crippen molar-refractivity contribution in [1.82, 2.24) is 0 Å². The molecule has 0 amide bonds. The standard InChI is InChI=1S/C6H11Cl/c1-3-6(7)4-5(6)2/h5H,3-4H2,1-2H3. The Morgan fingerprint density at radius 3 is 2.29 bits per heavy atom. The summed E-state index contributed by atoms with van der Waals surface area (Å²) in [7, 11) is 0. The molecular formula is C6H11Cl. The summed E-state index contributed by atoms with van der Waals surface area (Å²) in [4.78, 5) is 0.222. The summed E-state index contributed by atoms with van der Waals surface area (Å²) in [5, 5.41) is 0. The van der Waals surface area contributed by atoms with E-state index in [9.17, 15) is 0 Å². The van der Waals surface area contributed by atoms with Crippen molar-refractivity contribution in [2.24, 2.45) is 5.92 Å². The molecule has 0 aliphatic heterocycles. The first kappa shape index (κ1) is 5.43. The Kier molecular flexibility index (Phi) is 1.07. The minimum absolute atomic E-state index is 0.222. The number of rotatable bonds is 1. The van der Waals surface area contributed by atoms with Crippen LogP contribution in [0.25, 0.3) is 0 Å². The lowest BCUT2D eigenvalue weighted by molar-refractivity contribution is 0.761. The van der Waals surface area contributed by atoms with Gasteiger partial charge in [0.15, 0.2) is 0 Å². The molecule has 1 rings (SSSR count). The van der Waals surface area contributed by atoms with E-state index in [4.69, 9.17) is 11.6 Å². The monoisotopic (exact) mass is 118 g/mol. The molecule has 1 fully saturated rings.